The van der Waals surface area contributed by atoms with Gasteiger partial charge in [0.2, 0.25) is 5.91 Å². The number of benzene rings is 3. The van der Waals surface area contributed by atoms with Gasteiger partial charge in [0.15, 0.2) is 0 Å². The number of rotatable bonds is 15. The lowest BCUT2D eigenvalue weighted by Crippen LogP contribution is -2.30. The molecule has 0 aliphatic carbocycles. The number of unbranched alkanes of at least 4 members (excludes halogenated alkanes) is 2. The molecule has 0 spiro atoms. The van der Waals surface area contributed by atoms with Crippen LogP contribution >= 0.6 is 0 Å². The normalized spacial score (nSPS) is 11.9. The van der Waals surface area contributed by atoms with E-state index in [0.717, 1.165) is 76.2 Å². The fourth-order valence-electron chi connectivity index (χ4n) is 5.41. The number of aromatic amines is 2. The lowest BCUT2D eigenvalue weighted by atomic mass is 10.0. The van der Waals surface area contributed by atoms with Crippen LogP contribution in [0.1, 0.15) is 74.1 Å². The van der Waals surface area contributed by atoms with Crippen LogP contribution in [0.5, 0.6) is 5.75 Å². The van der Waals surface area contributed by atoms with Gasteiger partial charge >= 0.3 is 0 Å². The molecule has 0 unspecified atom stereocenters. The fraction of sp³-hybridized carbons (Fsp3) is 0.306. The van der Waals surface area contributed by atoms with Gasteiger partial charge in [-0.3, -0.25) is 9.59 Å². The summed E-state index contributed by atoms with van der Waals surface area (Å²) in [6, 6.07) is 25.8. The minimum absolute atomic E-state index is 0.0663. The molecule has 1 atom stereocenters. The van der Waals surface area contributed by atoms with Crippen LogP contribution in [0.2, 0.25) is 0 Å². The van der Waals surface area contributed by atoms with Crippen LogP contribution in [0, 0.1) is 6.92 Å². The Hall–Kier alpha value is -4.65. The summed E-state index contributed by atoms with van der Waals surface area (Å²) in [4.78, 5) is 36.8. The number of nitrogens with one attached hydrogen (secondary N) is 3. The molecule has 0 aliphatic rings. The van der Waals surface area contributed by atoms with Crippen LogP contribution in [0.15, 0.2) is 85.1 Å². The van der Waals surface area contributed by atoms with Gasteiger partial charge in [-0.2, -0.15) is 0 Å². The van der Waals surface area contributed by atoms with E-state index in [1.165, 1.54) is 0 Å². The van der Waals surface area contributed by atoms with E-state index in [4.69, 9.17) is 4.74 Å². The quantitative estimate of drug-likeness (QED) is 0.111. The van der Waals surface area contributed by atoms with Crippen molar-refractivity contribution in [3.8, 4) is 17.0 Å². The first-order valence-electron chi connectivity index (χ1n) is 15.2. The molecule has 0 fully saturated rings. The van der Waals surface area contributed by atoms with Gasteiger partial charge in [-0.1, -0.05) is 80.4 Å². The monoisotopic (exact) mass is 576 g/mol. The summed E-state index contributed by atoms with van der Waals surface area (Å²) in [6.07, 6.45) is 6.67. The number of aryl methyl sites for hydroxylation is 1. The number of imidazole rings is 1. The molecule has 0 radical (unpaired) electrons. The van der Waals surface area contributed by atoms with Gasteiger partial charge < -0.3 is 20.0 Å². The Morgan fingerprint density at radius 1 is 0.930 bits per heavy atom. The van der Waals surface area contributed by atoms with E-state index in [9.17, 15) is 9.59 Å². The first kappa shape index (κ1) is 29.8. The lowest BCUT2D eigenvalue weighted by Gasteiger charge is -2.17. The first-order valence-corrected chi connectivity index (χ1v) is 15.2. The van der Waals surface area contributed by atoms with Gasteiger partial charge in [0.05, 0.1) is 24.4 Å². The second-order valence-electron chi connectivity index (χ2n) is 11.0. The molecule has 0 saturated heterocycles. The van der Waals surface area contributed by atoms with Crippen LogP contribution in [0.3, 0.4) is 0 Å². The number of hydrogen-bond donors (Lipinski definition) is 3. The maximum absolute atomic E-state index is 13.5. The standard InChI is InChI=1S/C36H40N4O3/c1-3-28(41)17-11-6-12-18-33(36-37-23-34(40-36)27-15-9-5-10-16-27)39-35(42)22-30-25(2)38-32-20-19-29(21-31(30)32)43-24-26-13-7-4-8-14-26/h4-5,7-10,13-16,19-21,23,33,38H,3,6,11-12,17-18,22,24H2,1-2H3,(H,37,40)(H,39,42)/t33-/m0/s1. The Balaban J connectivity index is 1.29. The van der Waals surface area contributed by atoms with Crippen molar-refractivity contribution >= 4 is 22.6 Å². The van der Waals surface area contributed by atoms with Crippen molar-refractivity contribution in [2.24, 2.45) is 0 Å². The minimum atomic E-state index is -0.262. The van der Waals surface area contributed by atoms with Crippen LogP contribution in [0.4, 0.5) is 0 Å². The van der Waals surface area contributed by atoms with Crippen molar-refractivity contribution in [2.75, 3.05) is 0 Å². The Morgan fingerprint density at radius 2 is 1.70 bits per heavy atom. The van der Waals surface area contributed by atoms with E-state index in [0.29, 0.717) is 25.2 Å². The molecule has 1 amide bonds. The van der Waals surface area contributed by atoms with Crippen LogP contribution in [-0.4, -0.2) is 26.6 Å². The topological polar surface area (TPSA) is 99.9 Å². The molecule has 5 aromatic rings. The Morgan fingerprint density at radius 3 is 2.47 bits per heavy atom. The van der Waals surface area contributed by atoms with E-state index in [2.05, 4.69) is 20.3 Å². The Kier molecular flexibility index (Phi) is 10.1. The third kappa shape index (κ3) is 8.01. The Labute approximate surface area is 253 Å². The molecule has 7 heteroatoms. The highest BCUT2D eigenvalue weighted by Gasteiger charge is 2.20. The smallest absolute Gasteiger partial charge is 0.225 e. The number of carbonyl (C=O) groups excluding carboxylic acids is 2. The van der Waals surface area contributed by atoms with E-state index in [1.807, 2.05) is 98.9 Å². The highest BCUT2D eigenvalue weighted by Crippen LogP contribution is 2.28. The highest BCUT2D eigenvalue weighted by molar-refractivity contribution is 5.91. The summed E-state index contributed by atoms with van der Waals surface area (Å²) >= 11 is 0. The molecule has 43 heavy (non-hydrogen) atoms. The Bertz CT molecular complexity index is 1640. The number of ketones is 1. The first-order chi connectivity index (χ1) is 21.0. The zero-order chi connectivity index (χ0) is 30.0. The van der Waals surface area contributed by atoms with Crippen LogP contribution in [0.25, 0.3) is 22.2 Å². The van der Waals surface area contributed by atoms with Crippen LogP contribution < -0.4 is 10.1 Å². The largest absolute Gasteiger partial charge is 0.489 e. The average Bonchev–Trinajstić information content (AvgIpc) is 3.65. The van der Waals surface area contributed by atoms with E-state index in [1.54, 1.807) is 0 Å². The number of nitrogens with zero attached hydrogens (tertiary/aromatic N) is 1. The maximum Gasteiger partial charge on any atom is 0.225 e. The lowest BCUT2D eigenvalue weighted by molar-refractivity contribution is -0.121. The zero-order valence-electron chi connectivity index (χ0n) is 25.0. The van der Waals surface area contributed by atoms with E-state index in [-0.39, 0.29) is 18.4 Å². The predicted molar refractivity (Wildman–Crippen MR) is 171 cm³/mol. The van der Waals surface area contributed by atoms with E-state index >= 15 is 0 Å². The van der Waals surface area contributed by atoms with Gasteiger partial charge in [0.25, 0.3) is 0 Å². The molecule has 3 aromatic carbocycles. The molecule has 0 bridgehead atoms. The van der Waals surface area contributed by atoms with Crippen molar-refractivity contribution in [1.82, 2.24) is 20.3 Å². The highest BCUT2D eigenvalue weighted by atomic mass is 16.5. The number of H-pyrrole nitrogens is 2. The fourth-order valence-corrected chi connectivity index (χ4v) is 5.41. The van der Waals surface area contributed by atoms with E-state index < -0.39 is 0 Å². The molecule has 2 heterocycles. The molecule has 0 saturated carbocycles. The van der Waals surface area contributed by atoms with Crippen molar-refractivity contribution in [3.63, 3.8) is 0 Å². The summed E-state index contributed by atoms with van der Waals surface area (Å²) < 4.78 is 6.07. The van der Waals surface area contributed by atoms with Crippen molar-refractivity contribution < 1.29 is 14.3 Å². The van der Waals surface area contributed by atoms with Crippen molar-refractivity contribution in [3.05, 3.63) is 108 Å². The molecular weight excluding hydrogens is 536 g/mol. The second kappa shape index (κ2) is 14.5. The molecule has 3 N–H and O–H groups in total. The van der Waals surface area contributed by atoms with Gasteiger partial charge in [0, 0.05) is 29.4 Å². The summed E-state index contributed by atoms with van der Waals surface area (Å²) in [5, 5.41) is 4.24. The second-order valence-corrected chi connectivity index (χ2v) is 11.0. The minimum Gasteiger partial charge on any atom is -0.489 e. The number of amides is 1. The third-order valence-corrected chi connectivity index (χ3v) is 7.86. The van der Waals surface area contributed by atoms with Gasteiger partial charge in [-0.05, 0) is 54.7 Å². The predicted octanol–water partition coefficient (Wildman–Crippen LogP) is 7.78. The van der Waals surface area contributed by atoms with Gasteiger partial charge in [-0.15, -0.1) is 0 Å². The number of Topliss-reactive ketones (excluding diaryl/α,β-unsaturated/α-hetero) is 1. The van der Waals surface area contributed by atoms with Crippen molar-refractivity contribution in [1.29, 1.82) is 0 Å². The van der Waals surface area contributed by atoms with Gasteiger partial charge in [0.1, 0.15) is 24.0 Å². The molecule has 7 nitrogen and oxygen atoms in total. The number of fused-ring (bicyclic) bond motifs is 1. The summed E-state index contributed by atoms with van der Waals surface area (Å²) in [5.41, 5.74) is 5.96. The molecule has 2 aromatic heterocycles. The van der Waals surface area contributed by atoms with Crippen LogP contribution in [-0.2, 0) is 22.6 Å². The number of aromatic nitrogens is 3. The number of hydrogen-bond acceptors (Lipinski definition) is 4. The summed E-state index contributed by atoms with van der Waals surface area (Å²) in [5.74, 6) is 1.74. The molecule has 0 aliphatic heterocycles. The molecular formula is C36H40N4O3. The SMILES string of the molecule is CCC(=O)CCCCC[C@H](NC(=O)Cc1c(C)[nH]c2ccc(OCc3ccccc3)cc12)c1ncc(-c2ccccc2)[nH]1. The number of ether oxygens (including phenoxy) is 1. The number of carbonyl (C=O) groups is 2. The summed E-state index contributed by atoms with van der Waals surface area (Å²) in [7, 11) is 0. The average molecular weight is 577 g/mol. The van der Waals surface area contributed by atoms with Crippen molar-refractivity contribution in [2.45, 2.75) is 71.4 Å². The van der Waals surface area contributed by atoms with Gasteiger partial charge in [-0.25, -0.2) is 4.98 Å². The molecule has 5 rings (SSSR count). The molecule has 222 valence electrons. The zero-order valence-corrected chi connectivity index (χ0v) is 25.0. The summed E-state index contributed by atoms with van der Waals surface area (Å²) in [6.45, 7) is 4.39. The third-order valence-electron chi connectivity index (χ3n) is 7.86. The maximum atomic E-state index is 13.5.